The molecule has 3 aliphatic rings. The van der Waals surface area contributed by atoms with Crippen LogP contribution in [0.2, 0.25) is 0 Å². The Kier molecular flexibility index (Phi) is 5.81. The van der Waals surface area contributed by atoms with Crippen LogP contribution in [0, 0.1) is 5.41 Å². The molecule has 0 radical (unpaired) electrons. The van der Waals surface area contributed by atoms with Crippen LogP contribution in [0.15, 0.2) is 131 Å². The highest BCUT2D eigenvalue weighted by atomic mass is 16.5. The lowest BCUT2D eigenvalue weighted by Crippen LogP contribution is -2.46. The quantitative estimate of drug-likeness (QED) is 0.270. The smallest absolute Gasteiger partial charge is 0.200 e. The topological polar surface area (TPSA) is 43.2 Å². The van der Waals surface area contributed by atoms with Crippen LogP contribution in [0.3, 0.4) is 0 Å². The number of nitrogens with zero attached hydrogens (tertiary/aromatic N) is 2. The van der Waals surface area contributed by atoms with Crippen molar-refractivity contribution in [2.24, 2.45) is 15.4 Å². The lowest BCUT2D eigenvalue weighted by Gasteiger charge is -2.40. The first-order valence-electron chi connectivity index (χ1n) is 13.5. The fourth-order valence-corrected chi connectivity index (χ4v) is 5.93. The maximum Gasteiger partial charge on any atom is 0.200 e. The van der Waals surface area contributed by atoms with Gasteiger partial charge in [0.1, 0.15) is 17.5 Å². The molecule has 38 heavy (non-hydrogen) atoms. The molecular formula is C34H30N2O2. The molecule has 4 atom stereocenters. The first-order valence-corrected chi connectivity index (χ1v) is 13.5. The maximum absolute atomic E-state index is 6.81. The SMILES string of the molecule is c1ccc([C@H]2OC(C3(C4=N[C@@H](c5ccccc5)[C@@H](c5ccccc5)O4)CCC3)=N[C@H]2c2ccccc2)cc1. The zero-order valence-electron chi connectivity index (χ0n) is 21.2. The summed E-state index contributed by atoms with van der Waals surface area (Å²) in [6.45, 7) is 0. The van der Waals surface area contributed by atoms with Crippen molar-refractivity contribution in [1.29, 1.82) is 0 Å². The molecule has 4 aromatic carbocycles. The number of ether oxygens (including phenoxy) is 2. The molecule has 1 aliphatic carbocycles. The molecule has 1 saturated carbocycles. The summed E-state index contributed by atoms with van der Waals surface area (Å²) in [6, 6.07) is 41.6. The van der Waals surface area contributed by atoms with Crippen LogP contribution in [0.25, 0.3) is 0 Å². The minimum Gasteiger partial charge on any atom is -0.469 e. The Bertz CT molecular complexity index is 1340. The molecule has 2 aliphatic heterocycles. The molecule has 0 spiro atoms. The van der Waals surface area contributed by atoms with Crippen molar-refractivity contribution < 1.29 is 9.47 Å². The summed E-state index contributed by atoms with van der Waals surface area (Å²) in [5.74, 6) is 1.54. The van der Waals surface area contributed by atoms with Gasteiger partial charge in [-0.2, -0.15) is 0 Å². The second-order valence-corrected chi connectivity index (χ2v) is 10.4. The van der Waals surface area contributed by atoms with Crippen molar-refractivity contribution in [1.82, 2.24) is 0 Å². The first kappa shape index (κ1) is 23.0. The van der Waals surface area contributed by atoms with Gasteiger partial charge in [-0.05, 0) is 35.1 Å². The highest BCUT2D eigenvalue weighted by molar-refractivity contribution is 6.07. The summed E-state index contributed by atoms with van der Waals surface area (Å²) in [7, 11) is 0. The predicted molar refractivity (Wildman–Crippen MR) is 150 cm³/mol. The molecule has 2 heterocycles. The van der Waals surface area contributed by atoms with Gasteiger partial charge in [-0.1, -0.05) is 128 Å². The van der Waals surface area contributed by atoms with Gasteiger partial charge in [-0.15, -0.1) is 0 Å². The zero-order valence-corrected chi connectivity index (χ0v) is 21.2. The molecule has 7 rings (SSSR count). The van der Waals surface area contributed by atoms with Crippen LogP contribution in [0.1, 0.15) is 65.8 Å². The van der Waals surface area contributed by atoms with E-state index in [-0.39, 0.29) is 24.3 Å². The number of hydrogen-bond acceptors (Lipinski definition) is 4. The van der Waals surface area contributed by atoms with E-state index in [0.29, 0.717) is 0 Å². The molecule has 1 fully saturated rings. The molecule has 0 aromatic heterocycles. The third-order valence-corrected chi connectivity index (χ3v) is 8.13. The van der Waals surface area contributed by atoms with Gasteiger partial charge in [-0.25, -0.2) is 9.98 Å². The van der Waals surface area contributed by atoms with Crippen LogP contribution in [0.5, 0.6) is 0 Å². The molecule has 0 saturated heterocycles. The minimum atomic E-state index is -0.423. The van der Waals surface area contributed by atoms with Gasteiger partial charge in [0.15, 0.2) is 12.2 Å². The summed E-state index contributed by atoms with van der Waals surface area (Å²) in [5.41, 5.74) is 4.16. The van der Waals surface area contributed by atoms with E-state index < -0.39 is 5.41 Å². The van der Waals surface area contributed by atoms with Crippen LogP contribution in [-0.2, 0) is 9.47 Å². The Morgan fingerprint density at radius 2 is 0.816 bits per heavy atom. The van der Waals surface area contributed by atoms with Crippen molar-refractivity contribution in [2.75, 3.05) is 0 Å². The highest BCUT2D eigenvalue weighted by Crippen LogP contribution is 2.54. The van der Waals surface area contributed by atoms with Gasteiger partial charge in [0, 0.05) is 0 Å². The molecule has 4 heteroatoms. The Morgan fingerprint density at radius 1 is 0.474 bits per heavy atom. The molecule has 4 nitrogen and oxygen atoms in total. The van der Waals surface area contributed by atoms with Gasteiger partial charge >= 0.3 is 0 Å². The molecule has 0 unspecified atom stereocenters. The normalized spacial score (nSPS) is 25.5. The Morgan fingerprint density at radius 3 is 1.13 bits per heavy atom. The lowest BCUT2D eigenvalue weighted by atomic mass is 9.68. The number of benzene rings is 4. The summed E-state index contributed by atoms with van der Waals surface area (Å²) in [5, 5.41) is 0. The van der Waals surface area contributed by atoms with E-state index in [1.165, 1.54) is 0 Å². The predicted octanol–water partition coefficient (Wildman–Crippen LogP) is 7.98. The fraction of sp³-hybridized carbons (Fsp3) is 0.235. The maximum atomic E-state index is 6.81. The van der Waals surface area contributed by atoms with E-state index in [0.717, 1.165) is 53.3 Å². The van der Waals surface area contributed by atoms with Gasteiger partial charge in [0.25, 0.3) is 0 Å². The standard InChI is InChI=1S/C34H30N2O2/c1-5-14-24(15-6-1)28-30(26-18-9-3-10-19-26)37-32(35-28)34(22-13-23-34)33-36-29(25-16-7-2-8-17-25)31(38-33)27-20-11-4-12-21-27/h1-12,14-21,28-31H,13,22-23H2/t28-,29-,30+,31+/m0/s1. The number of rotatable bonds is 6. The average molecular weight is 499 g/mol. The average Bonchev–Trinajstić information content (AvgIpc) is 3.61. The van der Waals surface area contributed by atoms with E-state index >= 15 is 0 Å². The molecule has 188 valence electrons. The van der Waals surface area contributed by atoms with Crippen LogP contribution < -0.4 is 0 Å². The molecular weight excluding hydrogens is 468 g/mol. The lowest BCUT2D eigenvalue weighted by molar-refractivity contribution is 0.129. The third kappa shape index (κ3) is 3.92. The Balaban J connectivity index is 1.28. The van der Waals surface area contributed by atoms with Crippen molar-refractivity contribution in [3.63, 3.8) is 0 Å². The van der Waals surface area contributed by atoms with E-state index in [4.69, 9.17) is 19.5 Å². The van der Waals surface area contributed by atoms with Crippen molar-refractivity contribution in [3.05, 3.63) is 144 Å². The van der Waals surface area contributed by atoms with E-state index in [1.54, 1.807) is 0 Å². The van der Waals surface area contributed by atoms with Gasteiger partial charge < -0.3 is 9.47 Å². The van der Waals surface area contributed by atoms with E-state index in [2.05, 4.69) is 97.1 Å². The van der Waals surface area contributed by atoms with Crippen molar-refractivity contribution in [2.45, 2.75) is 43.6 Å². The largest absolute Gasteiger partial charge is 0.469 e. The Hall–Kier alpha value is -4.18. The van der Waals surface area contributed by atoms with Crippen molar-refractivity contribution in [3.8, 4) is 0 Å². The second-order valence-electron chi connectivity index (χ2n) is 10.4. The highest BCUT2D eigenvalue weighted by Gasteiger charge is 2.56. The van der Waals surface area contributed by atoms with Crippen LogP contribution in [0.4, 0.5) is 0 Å². The minimum absolute atomic E-state index is 0.108. The van der Waals surface area contributed by atoms with Crippen LogP contribution in [-0.4, -0.2) is 11.8 Å². The van der Waals surface area contributed by atoms with E-state index in [9.17, 15) is 0 Å². The Labute approximate surface area is 223 Å². The third-order valence-electron chi connectivity index (χ3n) is 8.13. The first-order chi connectivity index (χ1) is 18.8. The van der Waals surface area contributed by atoms with Gasteiger partial charge in [0.05, 0.1) is 0 Å². The monoisotopic (exact) mass is 498 g/mol. The molecule has 0 amide bonds. The molecule has 0 N–H and O–H groups in total. The number of hydrogen-bond donors (Lipinski definition) is 0. The number of aliphatic imine (C=N–C) groups is 2. The van der Waals surface area contributed by atoms with Crippen molar-refractivity contribution >= 4 is 11.8 Å². The van der Waals surface area contributed by atoms with E-state index in [1.807, 2.05) is 24.3 Å². The summed E-state index contributed by atoms with van der Waals surface area (Å²) < 4.78 is 13.6. The summed E-state index contributed by atoms with van der Waals surface area (Å²) in [6.07, 6.45) is 2.60. The molecule has 4 aromatic rings. The van der Waals surface area contributed by atoms with Gasteiger partial charge in [-0.3, -0.25) is 0 Å². The molecule has 0 bridgehead atoms. The van der Waals surface area contributed by atoms with Gasteiger partial charge in [0.2, 0.25) is 11.8 Å². The summed E-state index contributed by atoms with van der Waals surface area (Å²) >= 11 is 0. The summed E-state index contributed by atoms with van der Waals surface area (Å²) in [4.78, 5) is 10.6. The zero-order chi connectivity index (χ0) is 25.4. The fourth-order valence-electron chi connectivity index (χ4n) is 5.93. The van der Waals surface area contributed by atoms with Crippen LogP contribution >= 0.6 is 0 Å². The second kappa shape index (κ2) is 9.60.